The number of thiazole rings is 1. The van der Waals surface area contributed by atoms with E-state index in [0.29, 0.717) is 18.2 Å². The van der Waals surface area contributed by atoms with Gasteiger partial charge in [-0.2, -0.15) is 0 Å². The summed E-state index contributed by atoms with van der Waals surface area (Å²) in [5.74, 6) is 0.0488. The molecule has 1 aromatic carbocycles. The first-order valence-electron chi connectivity index (χ1n) is 7.79. The summed E-state index contributed by atoms with van der Waals surface area (Å²) in [7, 11) is 1.56. The van der Waals surface area contributed by atoms with Crippen molar-refractivity contribution in [2.75, 3.05) is 13.7 Å². The molecule has 0 aliphatic rings. The van der Waals surface area contributed by atoms with Crippen molar-refractivity contribution >= 4 is 38.4 Å². The van der Waals surface area contributed by atoms with Gasteiger partial charge in [0.25, 0.3) is 0 Å². The number of nitrogens with one attached hydrogen (secondary N) is 1. The molecule has 0 unspecified atom stereocenters. The lowest BCUT2D eigenvalue weighted by Crippen LogP contribution is -2.07. The van der Waals surface area contributed by atoms with Crippen molar-refractivity contribution in [2.45, 2.75) is 6.92 Å². The molecular formula is C18H15N3O3S. The van der Waals surface area contributed by atoms with Crippen molar-refractivity contribution in [3.8, 4) is 17.0 Å². The molecule has 0 aliphatic carbocycles. The zero-order chi connectivity index (χ0) is 17.4. The Bertz CT molecular complexity index is 1080. The Hall–Kier alpha value is -2.93. The maximum absolute atomic E-state index is 12.6. The standard InChI is InChI=1S/C18H15N3O3S/c1-3-24-18(22)15-13(10-5-4-8-19-17(10)23-2)14-11(21-15)6-7-12-16(14)25-9-20-12/h4-9,21H,3H2,1-2H3. The van der Waals surface area contributed by atoms with Gasteiger partial charge < -0.3 is 14.5 Å². The molecular weight excluding hydrogens is 338 g/mol. The first-order valence-corrected chi connectivity index (χ1v) is 8.67. The lowest BCUT2D eigenvalue weighted by atomic mass is 10.0. The summed E-state index contributed by atoms with van der Waals surface area (Å²) in [6, 6.07) is 7.56. The van der Waals surface area contributed by atoms with Gasteiger partial charge in [-0.05, 0) is 31.2 Å². The van der Waals surface area contributed by atoms with E-state index in [-0.39, 0.29) is 0 Å². The van der Waals surface area contributed by atoms with Crippen molar-refractivity contribution in [3.63, 3.8) is 0 Å². The number of methoxy groups -OCH3 is 1. The van der Waals surface area contributed by atoms with E-state index in [1.807, 2.05) is 24.3 Å². The van der Waals surface area contributed by atoms with E-state index in [2.05, 4.69) is 15.0 Å². The second kappa shape index (κ2) is 6.18. The van der Waals surface area contributed by atoms with Crippen molar-refractivity contribution in [1.29, 1.82) is 0 Å². The SMILES string of the molecule is CCOC(=O)c1[nH]c2ccc3ncsc3c2c1-c1cccnc1OC. The second-order valence-electron chi connectivity index (χ2n) is 5.34. The number of carbonyl (C=O) groups is 1. The van der Waals surface area contributed by atoms with Crippen molar-refractivity contribution in [1.82, 2.24) is 15.0 Å². The van der Waals surface area contributed by atoms with Crippen LogP contribution < -0.4 is 4.74 Å². The summed E-state index contributed by atoms with van der Waals surface area (Å²) in [5, 5.41) is 0.925. The molecule has 4 rings (SSSR count). The molecule has 0 bridgehead atoms. The number of hydrogen-bond acceptors (Lipinski definition) is 6. The summed E-state index contributed by atoms with van der Waals surface area (Å²) in [6.45, 7) is 2.08. The van der Waals surface area contributed by atoms with E-state index in [9.17, 15) is 4.79 Å². The van der Waals surface area contributed by atoms with Crippen LogP contribution in [0.1, 0.15) is 17.4 Å². The van der Waals surface area contributed by atoms with Crippen molar-refractivity contribution in [2.24, 2.45) is 0 Å². The van der Waals surface area contributed by atoms with E-state index < -0.39 is 5.97 Å². The third-order valence-electron chi connectivity index (χ3n) is 3.97. The third kappa shape index (κ3) is 2.44. The highest BCUT2D eigenvalue weighted by Crippen LogP contribution is 2.41. The number of fused-ring (bicyclic) bond motifs is 3. The summed E-state index contributed by atoms with van der Waals surface area (Å²) >= 11 is 1.53. The molecule has 25 heavy (non-hydrogen) atoms. The van der Waals surface area contributed by atoms with Crippen LogP contribution in [0.25, 0.3) is 32.2 Å². The fraction of sp³-hybridized carbons (Fsp3) is 0.167. The van der Waals surface area contributed by atoms with E-state index >= 15 is 0 Å². The van der Waals surface area contributed by atoms with Crippen molar-refractivity contribution in [3.05, 3.63) is 41.7 Å². The zero-order valence-electron chi connectivity index (χ0n) is 13.7. The highest BCUT2D eigenvalue weighted by Gasteiger charge is 2.24. The zero-order valence-corrected chi connectivity index (χ0v) is 14.5. The van der Waals surface area contributed by atoms with Gasteiger partial charge in [-0.3, -0.25) is 0 Å². The quantitative estimate of drug-likeness (QED) is 0.561. The molecule has 0 spiro atoms. The molecule has 0 saturated heterocycles. The Kier molecular flexibility index (Phi) is 3.85. The molecule has 3 aromatic heterocycles. The monoisotopic (exact) mass is 353 g/mol. The van der Waals surface area contributed by atoms with Crippen LogP contribution in [0.4, 0.5) is 0 Å². The predicted octanol–water partition coefficient (Wildman–Crippen LogP) is 4.02. The van der Waals surface area contributed by atoms with Crippen LogP contribution in [0.15, 0.2) is 36.0 Å². The Labute approximate surface area is 147 Å². The number of aromatic nitrogens is 3. The molecule has 6 nitrogen and oxygen atoms in total. The topological polar surface area (TPSA) is 77.1 Å². The van der Waals surface area contributed by atoms with Gasteiger partial charge in [-0.25, -0.2) is 14.8 Å². The fourth-order valence-electron chi connectivity index (χ4n) is 2.97. The van der Waals surface area contributed by atoms with Gasteiger partial charge in [0.2, 0.25) is 5.88 Å². The van der Waals surface area contributed by atoms with Gasteiger partial charge in [-0.15, -0.1) is 11.3 Å². The number of rotatable bonds is 4. The largest absolute Gasteiger partial charge is 0.481 e. The number of esters is 1. The summed E-state index contributed by atoms with van der Waals surface area (Å²) < 4.78 is 11.7. The number of hydrogen-bond donors (Lipinski definition) is 1. The molecule has 0 radical (unpaired) electrons. The Morgan fingerprint density at radius 2 is 2.16 bits per heavy atom. The minimum atomic E-state index is -0.405. The summed E-state index contributed by atoms with van der Waals surface area (Å²) in [5.41, 5.74) is 5.39. The predicted molar refractivity (Wildman–Crippen MR) is 97.2 cm³/mol. The molecule has 0 saturated carbocycles. The lowest BCUT2D eigenvalue weighted by molar-refractivity contribution is 0.0521. The molecule has 0 aliphatic heterocycles. The minimum Gasteiger partial charge on any atom is -0.481 e. The number of benzene rings is 1. The Morgan fingerprint density at radius 3 is 2.96 bits per heavy atom. The van der Waals surface area contributed by atoms with Gasteiger partial charge in [0.05, 0.1) is 29.4 Å². The Morgan fingerprint density at radius 1 is 1.28 bits per heavy atom. The smallest absolute Gasteiger partial charge is 0.355 e. The maximum atomic E-state index is 12.6. The highest BCUT2D eigenvalue weighted by atomic mass is 32.1. The van der Waals surface area contributed by atoms with Crippen LogP contribution in [0.3, 0.4) is 0 Å². The first kappa shape index (κ1) is 15.6. The third-order valence-corrected chi connectivity index (χ3v) is 4.83. The molecule has 0 atom stereocenters. The minimum absolute atomic E-state index is 0.299. The number of pyridine rings is 1. The average Bonchev–Trinajstić information content (AvgIpc) is 3.25. The summed E-state index contributed by atoms with van der Waals surface area (Å²) in [6.07, 6.45) is 1.66. The molecule has 1 N–H and O–H groups in total. The van der Waals surface area contributed by atoms with Gasteiger partial charge in [0.15, 0.2) is 0 Å². The highest BCUT2D eigenvalue weighted by molar-refractivity contribution is 7.17. The molecule has 3 heterocycles. The van der Waals surface area contributed by atoms with Gasteiger partial charge in [-0.1, -0.05) is 0 Å². The van der Waals surface area contributed by atoms with E-state index in [0.717, 1.165) is 32.2 Å². The van der Waals surface area contributed by atoms with Gasteiger partial charge in [0, 0.05) is 28.2 Å². The van der Waals surface area contributed by atoms with Gasteiger partial charge >= 0.3 is 5.97 Å². The maximum Gasteiger partial charge on any atom is 0.355 e. The van der Waals surface area contributed by atoms with E-state index in [4.69, 9.17) is 9.47 Å². The molecule has 4 aromatic rings. The normalized spacial score (nSPS) is 11.1. The fourth-order valence-corrected chi connectivity index (χ4v) is 3.82. The van der Waals surface area contributed by atoms with E-state index in [1.54, 1.807) is 25.7 Å². The number of carbonyl (C=O) groups excluding carboxylic acids is 1. The van der Waals surface area contributed by atoms with Gasteiger partial charge in [0.1, 0.15) is 5.69 Å². The van der Waals surface area contributed by atoms with Crippen molar-refractivity contribution < 1.29 is 14.3 Å². The van der Waals surface area contributed by atoms with Crippen LogP contribution in [0.2, 0.25) is 0 Å². The molecule has 0 fully saturated rings. The van der Waals surface area contributed by atoms with Crippen LogP contribution in [-0.2, 0) is 4.74 Å². The van der Waals surface area contributed by atoms with Crippen LogP contribution in [0, 0.1) is 0 Å². The van der Waals surface area contributed by atoms with Crippen LogP contribution in [-0.4, -0.2) is 34.6 Å². The first-order chi connectivity index (χ1) is 12.2. The number of ether oxygens (including phenoxy) is 2. The molecule has 0 amide bonds. The van der Waals surface area contributed by atoms with Crippen LogP contribution >= 0.6 is 11.3 Å². The molecule has 7 heteroatoms. The van der Waals surface area contributed by atoms with Crippen LogP contribution in [0.5, 0.6) is 5.88 Å². The number of H-pyrrole nitrogens is 1. The second-order valence-corrected chi connectivity index (χ2v) is 6.20. The number of nitrogens with zero attached hydrogens (tertiary/aromatic N) is 2. The number of aromatic amines is 1. The van der Waals surface area contributed by atoms with E-state index in [1.165, 1.54) is 11.3 Å². The summed E-state index contributed by atoms with van der Waals surface area (Å²) in [4.78, 5) is 24.4. The average molecular weight is 353 g/mol. The molecule has 126 valence electrons. The lowest BCUT2D eigenvalue weighted by Gasteiger charge is -2.09. The Balaban J connectivity index is 2.13.